The molecule has 1 amide bonds. The lowest BCUT2D eigenvalue weighted by Gasteiger charge is -2.24. The lowest BCUT2D eigenvalue weighted by molar-refractivity contribution is -0.117. The quantitative estimate of drug-likeness (QED) is 0.714. The zero-order valence-corrected chi connectivity index (χ0v) is 17.1. The number of benzene rings is 1. The number of fused-ring (bicyclic) bond motifs is 1. The Bertz CT molecular complexity index is 1160. The van der Waals surface area contributed by atoms with E-state index in [-0.39, 0.29) is 18.0 Å². The number of aromatic nitrogens is 3. The van der Waals surface area contributed by atoms with Gasteiger partial charge in [-0.25, -0.2) is 9.67 Å². The van der Waals surface area contributed by atoms with Gasteiger partial charge >= 0.3 is 0 Å². The highest BCUT2D eigenvalue weighted by atomic mass is 16.3. The van der Waals surface area contributed by atoms with Crippen LogP contribution in [0.2, 0.25) is 0 Å². The van der Waals surface area contributed by atoms with E-state index in [0.717, 1.165) is 18.9 Å². The zero-order chi connectivity index (χ0) is 20.7. The summed E-state index contributed by atoms with van der Waals surface area (Å²) in [6.07, 6.45) is 7.71. The Morgan fingerprint density at radius 1 is 1.23 bits per heavy atom. The summed E-state index contributed by atoms with van der Waals surface area (Å²) >= 11 is 0. The minimum absolute atomic E-state index is 0.136. The largest absolute Gasteiger partial charge is 0.443 e. The second-order valence-electron chi connectivity index (χ2n) is 8.61. The molecule has 1 aliphatic heterocycles. The van der Waals surface area contributed by atoms with Crippen molar-refractivity contribution in [1.82, 2.24) is 14.8 Å². The summed E-state index contributed by atoms with van der Waals surface area (Å²) in [6, 6.07) is 7.08. The van der Waals surface area contributed by atoms with E-state index < -0.39 is 0 Å². The van der Waals surface area contributed by atoms with Crippen molar-refractivity contribution in [3.05, 3.63) is 46.6 Å². The molecule has 0 radical (unpaired) electrons. The van der Waals surface area contributed by atoms with Gasteiger partial charge in [-0.15, -0.1) is 0 Å². The smallest absolute Gasteiger partial charge is 0.270 e. The van der Waals surface area contributed by atoms with Crippen molar-refractivity contribution in [2.75, 3.05) is 23.3 Å². The monoisotopic (exact) mass is 407 g/mol. The number of carbonyl (C=O) groups excluding carboxylic acids is 1. The molecular weight excluding hydrogens is 382 g/mol. The highest BCUT2D eigenvalue weighted by molar-refractivity contribution is 5.92. The van der Waals surface area contributed by atoms with Crippen molar-refractivity contribution in [2.45, 2.75) is 45.6 Å². The van der Waals surface area contributed by atoms with Gasteiger partial charge < -0.3 is 14.6 Å². The maximum Gasteiger partial charge on any atom is 0.270 e. The van der Waals surface area contributed by atoms with Gasteiger partial charge in [0.05, 0.1) is 0 Å². The minimum Gasteiger partial charge on any atom is -0.443 e. The molecule has 3 aromatic rings. The van der Waals surface area contributed by atoms with Crippen molar-refractivity contribution in [2.24, 2.45) is 5.41 Å². The van der Waals surface area contributed by atoms with Crippen molar-refractivity contribution in [3.63, 3.8) is 0 Å². The highest BCUT2D eigenvalue weighted by Crippen LogP contribution is 2.46. The number of rotatable bonds is 4. The molecule has 156 valence electrons. The second-order valence-corrected chi connectivity index (χ2v) is 8.61. The van der Waals surface area contributed by atoms with E-state index >= 15 is 0 Å². The highest BCUT2D eigenvalue weighted by Gasteiger charge is 2.40. The molecule has 0 bridgehead atoms. The van der Waals surface area contributed by atoms with Crippen LogP contribution in [-0.4, -0.2) is 33.8 Å². The number of carbonyl (C=O) groups is 1. The fourth-order valence-corrected chi connectivity index (χ4v) is 4.85. The Morgan fingerprint density at radius 2 is 2.07 bits per heavy atom. The molecule has 30 heavy (non-hydrogen) atoms. The molecule has 1 saturated carbocycles. The lowest BCUT2D eigenvalue weighted by atomic mass is 9.86. The van der Waals surface area contributed by atoms with Gasteiger partial charge in [-0.3, -0.25) is 9.59 Å². The Kier molecular flexibility index (Phi) is 4.56. The van der Waals surface area contributed by atoms with Crippen LogP contribution in [0.25, 0.3) is 11.1 Å². The molecule has 2 fully saturated rings. The third kappa shape index (κ3) is 3.46. The molecule has 0 atom stereocenters. The fourth-order valence-electron chi connectivity index (χ4n) is 4.85. The van der Waals surface area contributed by atoms with Gasteiger partial charge in [0, 0.05) is 24.3 Å². The van der Waals surface area contributed by atoms with Crippen LogP contribution in [0.15, 0.2) is 39.9 Å². The summed E-state index contributed by atoms with van der Waals surface area (Å²) in [6.45, 7) is 3.58. The van der Waals surface area contributed by atoms with Gasteiger partial charge in [-0.1, -0.05) is 12.8 Å². The zero-order valence-electron chi connectivity index (χ0n) is 17.1. The van der Waals surface area contributed by atoms with E-state index in [1.54, 1.807) is 25.1 Å². The average molecular weight is 407 g/mol. The summed E-state index contributed by atoms with van der Waals surface area (Å²) in [7, 11) is 0. The first-order valence-corrected chi connectivity index (χ1v) is 10.5. The van der Waals surface area contributed by atoms with E-state index in [9.17, 15) is 9.59 Å². The molecule has 8 heteroatoms. The second kappa shape index (κ2) is 7.27. The summed E-state index contributed by atoms with van der Waals surface area (Å²) < 4.78 is 6.49. The molecular formula is C22H25N5O3. The van der Waals surface area contributed by atoms with Crippen molar-refractivity contribution in [1.29, 1.82) is 0 Å². The third-order valence-corrected chi connectivity index (χ3v) is 6.47. The number of amides is 1. The topological polar surface area (TPSA) is 93.3 Å². The Labute approximate surface area is 173 Å². The van der Waals surface area contributed by atoms with E-state index in [2.05, 4.69) is 20.3 Å². The van der Waals surface area contributed by atoms with E-state index in [0.29, 0.717) is 27.8 Å². The molecule has 1 N–H and O–H groups in total. The van der Waals surface area contributed by atoms with E-state index in [1.807, 2.05) is 6.07 Å². The molecule has 2 aliphatic rings. The summed E-state index contributed by atoms with van der Waals surface area (Å²) in [5, 5.41) is 7.35. The van der Waals surface area contributed by atoms with Crippen LogP contribution in [0, 0.1) is 12.3 Å². The SMILES string of the molecule is Cc1cc(N2CCC3(CCCC3)C2)nn(CC(=O)Nc2ccc3ocnc3c2)c1=O. The third-order valence-electron chi connectivity index (χ3n) is 6.47. The molecule has 3 heterocycles. The Morgan fingerprint density at radius 3 is 2.90 bits per heavy atom. The predicted molar refractivity (Wildman–Crippen MR) is 114 cm³/mol. The number of hydrogen-bond acceptors (Lipinski definition) is 6. The molecule has 1 spiro atoms. The summed E-state index contributed by atoms with van der Waals surface area (Å²) in [5.41, 5.74) is 2.69. The van der Waals surface area contributed by atoms with Gasteiger partial charge in [0.2, 0.25) is 5.91 Å². The van der Waals surface area contributed by atoms with Crippen LogP contribution in [0.1, 0.15) is 37.7 Å². The number of hydrogen-bond donors (Lipinski definition) is 1. The van der Waals surface area contributed by atoms with Crippen LogP contribution < -0.4 is 15.8 Å². The van der Waals surface area contributed by atoms with Crippen LogP contribution in [0.4, 0.5) is 11.5 Å². The number of anilines is 2. The average Bonchev–Trinajstić information content (AvgIpc) is 3.47. The minimum atomic E-state index is -0.308. The first-order chi connectivity index (χ1) is 14.5. The molecule has 8 nitrogen and oxygen atoms in total. The van der Waals surface area contributed by atoms with Crippen molar-refractivity contribution >= 4 is 28.5 Å². The standard InChI is InChI=1S/C22H25N5O3/c1-15-10-19(26-9-8-22(13-26)6-2-3-7-22)25-27(21(15)29)12-20(28)24-16-4-5-18-17(11-16)23-14-30-18/h4-5,10-11,14H,2-3,6-9,12-13H2,1H3,(H,24,28). The molecule has 2 aromatic heterocycles. The maximum absolute atomic E-state index is 12.6. The first-order valence-electron chi connectivity index (χ1n) is 10.5. The molecule has 1 aliphatic carbocycles. The van der Waals surface area contributed by atoms with Gasteiger partial charge in [0.25, 0.3) is 5.56 Å². The molecule has 0 unspecified atom stereocenters. The van der Waals surface area contributed by atoms with Gasteiger partial charge in [-0.05, 0) is 55.9 Å². The van der Waals surface area contributed by atoms with Gasteiger partial charge in [0.15, 0.2) is 12.0 Å². The van der Waals surface area contributed by atoms with Crippen LogP contribution in [-0.2, 0) is 11.3 Å². The fraction of sp³-hybridized carbons (Fsp3) is 0.455. The van der Waals surface area contributed by atoms with Gasteiger partial charge in [0.1, 0.15) is 17.9 Å². The van der Waals surface area contributed by atoms with Crippen molar-refractivity contribution in [3.8, 4) is 0 Å². The number of aryl methyl sites for hydroxylation is 1. The molecule has 1 aromatic carbocycles. The summed E-state index contributed by atoms with van der Waals surface area (Å²) in [5.74, 6) is 0.477. The number of oxazole rings is 1. The van der Waals surface area contributed by atoms with E-state index in [4.69, 9.17) is 4.42 Å². The van der Waals surface area contributed by atoms with Gasteiger partial charge in [-0.2, -0.15) is 5.10 Å². The Balaban J connectivity index is 1.33. The molecule has 1 saturated heterocycles. The number of nitrogens with one attached hydrogen (secondary N) is 1. The predicted octanol–water partition coefficient (Wildman–Crippen LogP) is 3.10. The van der Waals surface area contributed by atoms with Crippen LogP contribution >= 0.6 is 0 Å². The maximum atomic E-state index is 12.6. The van der Waals surface area contributed by atoms with Crippen LogP contribution in [0.5, 0.6) is 0 Å². The summed E-state index contributed by atoms with van der Waals surface area (Å²) in [4.78, 5) is 31.5. The lowest BCUT2D eigenvalue weighted by Crippen LogP contribution is -2.34. The normalized spacial score (nSPS) is 17.8. The Hall–Kier alpha value is -3.16. The first kappa shape index (κ1) is 18.8. The number of nitrogens with zero attached hydrogens (tertiary/aromatic N) is 4. The van der Waals surface area contributed by atoms with Crippen molar-refractivity contribution < 1.29 is 9.21 Å². The van der Waals surface area contributed by atoms with Crippen LogP contribution in [0.3, 0.4) is 0 Å². The van der Waals surface area contributed by atoms with E-state index in [1.165, 1.54) is 43.2 Å². The molecule has 5 rings (SSSR count).